The van der Waals surface area contributed by atoms with Crippen LogP contribution in [0.25, 0.3) is 109 Å². The maximum absolute atomic E-state index is 5.36. The number of fused-ring (bicyclic) bond motifs is 5. The van der Waals surface area contributed by atoms with Gasteiger partial charge >= 0.3 is 0 Å². The first kappa shape index (κ1) is 33.1. The molecule has 0 spiro atoms. The van der Waals surface area contributed by atoms with E-state index in [4.69, 9.17) is 15.0 Å². The molecule has 9 aromatic carbocycles. The van der Waals surface area contributed by atoms with E-state index in [1.165, 1.54) is 42.4 Å². The molecule has 266 valence electrons. The minimum Gasteiger partial charge on any atom is -0.208 e. The topological polar surface area (TPSA) is 38.7 Å². The van der Waals surface area contributed by atoms with Crippen molar-refractivity contribution in [3.05, 3.63) is 200 Å². The van der Waals surface area contributed by atoms with Gasteiger partial charge in [-0.05, 0) is 85.3 Å². The molecule has 0 aliphatic carbocycles. The maximum Gasteiger partial charge on any atom is 0.165 e. The lowest BCUT2D eigenvalue weighted by atomic mass is 9.94. The van der Waals surface area contributed by atoms with Crippen LogP contribution in [-0.2, 0) is 0 Å². The molecule has 0 fully saturated rings. The monoisotopic (exact) mass is 743 g/mol. The molecule has 2 heterocycles. The predicted molar refractivity (Wildman–Crippen MR) is 240 cm³/mol. The van der Waals surface area contributed by atoms with Crippen LogP contribution in [0.15, 0.2) is 200 Å². The van der Waals surface area contributed by atoms with Crippen molar-refractivity contribution >= 4 is 53.1 Å². The molecule has 0 N–H and O–H groups in total. The third kappa shape index (κ3) is 5.86. The Morgan fingerprint density at radius 2 is 0.789 bits per heavy atom. The molecule has 0 atom stereocenters. The fourth-order valence-corrected chi connectivity index (χ4v) is 9.39. The molecule has 0 amide bonds. The molecule has 11 aromatic rings. The minimum absolute atomic E-state index is 0.644. The third-order valence-corrected chi connectivity index (χ3v) is 12.2. The third-order valence-electron chi connectivity index (χ3n) is 11.0. The zero-order chi connectivity index (χ0) is 37.7. The number of thiophene rings is 1. The number of aromatic nitrogens is 3. The van der Waals surface area contributed by atoms with E-state index >= 15 is 0 Å². The average molecular weight is 744 g/mol. The van der Waals surface area contributed by atoms with Crippen LogP contribution in [0.5, 0.6) is 0 Å². The lowest BCUT2D eigenvalue weighted by molar-refractivity contribution is 1.08. The molecule has 4 heteroatoms. The van der Waals surface area contributed by atoms with E-state index in [0.29, 0.717) is 17.5 Å². The summed E-state index contributed by atoms with van der Waals surface area (Å²) in [6.07, 6.45) is 0. The van der Waals surface area contributed by atoms with Crippen LogP contribution in [0.4, 0.5) is 0 Å². The number of hydrogen-bond acceptors (Lipinski definition) is 4. The van der Waals surface area contributed by atoms with Gasteiger partial charge in [0.05, 0.1) is 0 Å². The number of nitrogens with zero attached hydrogens (tertiary/aromatic N) is 3. The number of benzene rings is 9. The molecule has 0 saturated carbocycles. The molecule has 57 heavy (non-hydrogen) atoms. The van der Waals surface area contributed by atoms with Crippen LogP contribution in [0.2, 0.25) is 0 Å². The van der Waals surface area contributed by atoms with E-state index < -0.39 is 0 Å². The molecule has 0 saturated heterocycles. The lowest BCUT2D eigenvalue weighted by Gasteiger charge is -2.14. The first-order valence-electron chi connectivity index (χ1n) is 19.2. The lowest BCUT2D eigenvalue weighted by Crippen LogP contribution is -2.01. The van der Waals surface area contributed by atoms with E-state index in [-0.39, 0.29) is 0 Å². The first-order valence-corrected chi connectivity index (χ1v) is 20.0. The summed E-state index contributed by atoms with van der Waals surface area (Å²) in [6.45, 7) is 0. The highest BCUT2D eigenvalue weighted by atomic mass is 32.1. The Labute approximate surface area is 334 Å². The summed E-state index contributed by atoms with van der Waals surface area (Å²) in [5.74, 6) is 1.95. The summed E-state index contributed by atoms with van der Waals surface area (Å²) in [4.78, 5) is 16.1. The van der Waals surface area contributed by atoms with Gasteiger partial charge in [-0.25, -0.2) is 15.0 Å². The van der Waals surface area contributed by atoms with Crippen LogP contribution in [0.1, 0.15) is 0 Å². The van der Waals surface area contributed by atoms with Crippen molar-refractivity contribution in [3.63, 3.8) is 0 Å². The maximum atomic E-state index is 5.36. The molecular weight excluding hydrogens is 711 g/mol. The highest BCUT2D eigenvalue weighted by Crippen LogP contribution is 2.41. The molecule has 0 radical (unpaired) electrons. The summed E-state index contributed by atoms with van der Waals surface area (Å²) in [6, 6.07) is 71.1. The van der Waals surface area contributed by atoms with Crippen LogP contribution < -0.4 is 0 Å². The fourth-order valence-electron chi connectivity index (χ4n) is 8.18. The van der Waals surface area contributed by atoms with Gasteiger partial charge in [0, 0.05) is 36.9 Å². The Hall–Kier alpha value is -7.27. The standard InChI is InChI=1S/C53H33N3S/c1-3-14-34(15-4-1)37-19-11-20-38(32-37)39-29-28-36-18-12-25-45(48(36)33-39)51-54-52(46-31-30-40(35-16-5-2-6-17-35)41-21-7-8-22-42(41)46)56-53(55-51)47-26-13-24-44-43-23-9-10-27-49(43)57-50(44)47/h1-33H. The summed E-state index contributed by atoms with van der Waals surface area (Å²) in [7, 11) is 0. The normalized spacial score (nSPS) is 11.5. The zero-order valence-electron chi connectivity index (χ0n) is 30.8. The van der Waals surface area contributed by atoms with E-state index in [1.54, 1.807) is 11.3 Å². The molecule has 11 rings (SSSR count). The summed E-state index contributed by atoms with van der Waals surface area (Å²) < 4.78 is 2.42. The van der Waals surface area contributed by atoms with Crippen molar-refractivity contribution in [1.82, 2.24) is 15.0 Å². The van der Waals surface area contributed by atoms with Crippen molar-refractivity contribution in [2.75, 3.05) is 0 Å². The molecule has 0 bridgehead atoms. The van der Waals surface area contributed by atoms with Gasteiger partial charge < -0.3 is 0 Å². The van der Waals surface area contributed by atoms with Crippen molar-refractivity contribution in [2.24, 2.45) is 0 Å². The Morgan fingerprint density at radius 1 is 0.281 bits per heavy atom. The van der Waals surface area contributed by atoms with Gasteiger partial charge in [-0.15, -0.1) is 11.3 Å². The van der Waals surface area contributed by atoms with Gasteiger partial charge in [0.1, 0.15) is 0 Å². The molecule has 0 aliphatic heterocycles. The number of hydrogen-bond donors (Lipinski definition) is 0. The predicted octanol–water partition coefficient (Wildman–Crippen LogP) is 14.5. The van der Waals surface area contributed by atoms with Crippen LogP contribution in [0.3, 0.4) is 0 Å². The second-order valence-electron chi connectivity index (χ2n) is 14.3. The molecule has 3 nitrogen and oxygen atoms in total. The molecule has 2 aromatic heterocycles. The summed E-state index contributed by atoms with van der Waals surface area (Å²) in [5.41, 5.74) is 9.98. The SMILES string of the molecule is c1ccc(-c2cccc(-c3ccc4cccc(-c5nc(-c6ccc(-c7ccccc7)c7ccccc67)nc(-c6cccc7c6sc6ccccc67)n5)c4c3)c2)cc1. The van der Waals surface area contributed by atoms with Crippen LogP contribution >= 0.6 is 11.3 Å². The largest absolute Gasteiger partial charge is 0.208 e. The quantitative estimate of drug-likeness (QED) is 0.170. The molecular formula is C53H33N3S. The van der Waals surface area contributed by atoms with Crippen molar-refractivity contribution in [2.45, 2.75) is 0 Å². The summed E-state index contributed by atoms with van der Waals surface area (Å²) in [5, 5.41) is 6.93. The van der Waals surface area contributed by atoms with E-state index in [9.17, 15) is 0 Å². The van der Waals surface area contributed by atoms with Crippen LogP contribution in [0, 0.1) is 0 Å². The minimum atomic E-state index is 0.644. The van der Waals surface area contributed by atoms with E-state index in [1.807, 2.05) is 0 Å². The second kappa shape index (κ2) is 13.8. The highest BCUT2D eigenvalue weighted by molar-refractivity contribution is 7.26. The first-order chi connectivity index (χ1) is 28.2. The Kier molecular flexibility index (Phi) is 8.01. The van der Waals surface area contributed by atoms with Gasteiger partial charge in [-0.2, -0.15) is 0 Å². The van der Waals surface area contributed by atoms with Gasteiger partial charge in [0.25, 0.3) is 0 Å². The Balaban J connectivity index is 1.14. The summed E-state index contributed by atoms with van der Waals surface area (Å²) >= 11 is 1.79. The van der Waals surface area contributed by atoms with E-state index in [2.05, 4.69) is 200 Å². The Morgan fingerprint density at radius 3 is 1.56 bits per heavy atom. The molecule has 0 aliphatic rings. The average Bonchev–Trinajstić information content (AvgIpc) is 3.68. The molecule has 0 unspecified atom stereocenters. The van der Waals surface area contributed by atoms with E-state index in [0.717, 1.165) is 49.4 Å². The van der Waals surface area contributed by atoms with Crippen LogP contribution in [-0.4, -0.2) is 15.0 Å². The number of rotatable bonds is 6. The van der Waals surface area contributed by atoms with Crippen molar-refractivity contribution in [3.8, 4) is 67.5 Å². The van der Waals surface area contributed by atoms with Gasteiger partial charge in [0.15, 0.2) is 17.5 Å². The fraction of sp³-hybridized carbons (Fsp3) is 0. The smallest absolute Gasteiger partial charge is 0.165 e. The second-order valence-corrected chi connectivity index (χ2v) is 15.4. The van der Waals surface area contributed by atoms with Crippen molar-refractivity contribution < 1.29 is 0 Å². The Bertz CT molecular complexity index is 3300. The van der Waals surface area contributed by atoms with Gasteiger partial charge in [-0.1, -0.05) is 170 Å². The zero-order valence-corrected chi connectivity index (χ0v) is 31.6. The van der Waals surface area contributed by atoms with Gasteiger partial charge in [0.2, 0.25) is 0 Å². The highest BCUT2D eigenvalue weighted by Gasteiger charge is 2.20. The van der Waals surface area contributed by atoms with Gasteiger partial charge in [-0.3, -0.25) is 0 Å². The van der Waals surface area contributed by atoms with Crippen molar-refractivity contribution in [1.29, 1.82) is 0 Å².